The van der Waals surface area contributed by atoms with Gasteiger partial charge in [0.25, 0.3) is 11.2 Å². The predicted octanol–water partition coefficient (Wildman–Crippen LogP) is 5.22. The molecule has 0 bridgehead atoms. The fourth-order valence-electron chi connectivity index (χ4n) is 4.06. The van der Waals surface area contributed by atoms with E-state index in [2.05, 4.69) is 48.2 Å². The van der Waals surface area contributed by atoms with Gasteiger partial charge in [-0.1, -0.05) is 56.4 Å². The summed E-state index contributed by atoms with van der Waals surface area (Å²) in [5.74, 6) is 2.23. The first kappa shape index (κ1) is 23.6. The largest absolute Gasteiger partial charge is 0.457 e. The quantitative estimate of drug-likeness (QED) is 0.224. The standard InChI is InChI=1S/C27H24N4O4S/c1-16(2)14-18-4-6-19(7-5-18)17(3)25-28-27-30(29-25)26(32)24(36-27)15-22-12-13-23(35-22)20-8-10-21(11-9-20)31(33)34/h4-13,15-17H,14H2,1-3H3/b24-15+. The Labute approximate surface area is 210 Å². The monoisotopic (exact) mass is 500 g/mol. The molecule has 0 fully saturated rings. The van der Waals surface area contributed by atoms with Crippen molar-refractivity contribution >= 4 is 28.1 Å². The Balaban J connectivity index is 1.38. The lowest BCUT2D eigenvalue weighted by Crippen LogP contribution is -2.23. The number of thiazole rings is 1. The molecular weight excluding hydrogens is 476 g/mol. The van der Waals surface area contributed by atoms with Gasteiger partial charge in [-0.3, -0.25) is 14.9 Å². The minimum Gasteiger partial charge on any atom is -0.457 e. The molecule has 5 rings (SSSR count). The Morgan fingerprint density at radius 2 is 1.78 bits per heavy atom. The van der Waals surface area contributed by atoms with Crippen LogP contribution in [0.15, 0.2) is 69.9 Å². The molecule has 0 aliphatic carbocycles. The van der Waals surface area contributed by atoms with Crippen LogP contribution in [0.3, 0.4) is 0 Å². The number of nitrogens with zero attached hydrogens (tertiary/aromatic N) is 4. The van der Waals surface area contributed by atoms with Crippen molar-refractivity contribution in [1.29, 1.82) is 0 Å². The van der Waals surface area contributed by atoms with Crippen molar-refractivity contribution in [2.45, 2.75) is 33.1 Å². The molecular formula is C27H24N4O4S. The predicted molar refractivity (Wildman–Crippen MR) is 139 cm³/mol. The minimum absolute atomic E-state index is 0.0133. The van der Waals surface area contributed by atoms with Crippen LogP contribution in [-0.2, 0) is 6.42 Å². The van der Waals surface area contributed by atoms with Gasteiger partial charge in [-0.25, -0.2) is 4.98 Å². The average molecular weight is 501 g/mol. The summed E-state index contributed by atoms with van der Waals surface area (Å²) < 4.78 is 7.65. The smallest absolute Gasteiger partial charge is 0.291 e. The maximum absolute atomic E-state index is 13.0. The Morgan fingerprint density at radius 3 is 2.42 bits per heavy atom. The molecule has 0 saturated heterocycles. The third-order valence-corrected chi connectivity index (χ3v) is 6.93. The van der Waals surface area contributed by atoms with E-state index in [1.807, 2.05) is 6.92 Å². The van der Waals surface area contributed by atoms with Crippen molar-refractivity contribution in [3.8, 4) is 11.3 Å². The van der Waals surface area contributed by atoms with Gasteiger partial charge in [0.2, 0.25) is 4.96 Å². The van der Waals surface area contributed by atoms with Gasteiger partial charge in [-0.15, -0.1) is 5.10 Å². The highest BCUT2D eigenvalue weighted by Crippen LogP contribution is 2.25. The molecule has 1 atom stereocenters. The molecule has 2 aromatic carbocycles. The van der Waals surface area contributed by atoms with E-state index in [0.717, 1.165) is 12.0 Å². The van der Waals surface area contributed by atoms with E-state index in [4.69, 9.17) is 4.42 Å². The summed E-state index contributed by atoms with van der Waals surface area (Å²) in [5.41, 5.74) is 2.88. The molecule has 0 spiro atoms. The molecule has 8 nitrogen and oxygen atoms in total. The molecule has 0 radical (unpaired) electrons. The molecule has 0 aliphatic rings. The first-order chi connectivity index (χ1) is 17.3. The van der Waals surface area contributed by atoms with Crippen molar-refractivity contribution in [1.82, 2.24) is 14.6 Å². The lowest BCUT2D eigenvalue weighted by Gasteiger charge is -2.10. The third kappa shape index (κ3) is 4.70. The summed E-state index contributed by atoms with van der Waals surface area (Å²) in [4.78, 5) is 28.5. The van der Waals surface area contributed by atoms with E-state index >= 15 is 0 Å². The first-order valence-electron chi connectivity index (χ1n) is 11.6. The average Bonchev–Trinajstić information content (AvgIpc) is 3.56. The van der Waals surface area contributed by atoms with Gasteiger partial charge in [-0.2, -0.15) is 4.52 Å². The summed E-state index contributed by atoms with van der Waals surface area (Å²) in [6.45, 7) is 6.44. The number of hydrogen-bond acceptors (Lipinski definition) is 7. The van der Waals surface area contributed by atoms with E-state index < -0.39 is 4.92 Å². The Hall–Kier alpha value is -4.11. The first-order valence-corrected chi connectivity index (χ1v) is 12.4. The SMILES string of the molecule is CC(C)Cc1ccc(C(C)c2nc3s/c(=C/c4ccc(-c5ccc([N+](=O)[O-])cc5)o4)c(=O)n3n2)cc1. The van der Waals surface area contributed by atoms with Gasteiger partial charge in [0, 0.05) is 29.7 Å². The summed E-state index contributed by atoms with van der Waals surface area (Å²) in [7, 11) is 0. The lowest BCUT2D eigenvalue weighted by molar-refractivity contribution is -0.384. The Bertz CT molecular complexity index is 1650. The van der Waals surface area contributed by atoms with Crippen molar-refractivity contribution in [2.24, 2.45) is 5.92 Å². The van der Waals surface area contributed by atoms with Gasteiger partial charge in [-0.05, 0) is 47.7 Å². The van der Waals surface area contributed by atoms with Gasteiger partial charge < -0.3 is 4.42 Å². The molecule has 36 heavy (non-hydrogen) atoms. The minimum atomic E-state index is -0.447. The molecule has 182 valence electrons. The fraction of sp³-hybridized carbons (Fsp3) is 0.222. The van der Waals surface area contributed by atoms with Crippen LogP contribution < -0.4 is 10.1 Å². The maximum atomic E-state index is 13.0. The van der Waals surface area contributed by atoms with Crippen LogP contribution in [0.2, 0.25) is 0 Å². The van der Waals surface area contributed by atoms with Gasteiger partial charge in [0.1, 0.15) is 16.1 Å². The van der Waals surface area contributed by atoms with Crippen LogP contribution in [-0.4, -0.2) is 19.5 Å². The molecule has 0 N–H and O–H groups in total. The normalized spacial score (nSPS) is 13.1. The van der Waals surface area contributed by atoms with Crippen LogP contribution in [0.1, 0.15) is 49.4 Å². The van der Waals surface area contributed by atoms with E-state index in [0.29, 0.717) is 38.3 Å². The number of benzene rings is 2. The number of hydrogen-bond donors (Lipinski definition) is 0. The summed E-state index contributed by atoms with van der Waals surface area (Å²) in [6, 6.07) is 18.1. The van der Waals surface area contributed by atoms with Crippen molar-refractivity contribution in [3.05, 3.63) is 108 Å². The second-order valence-corrected chi connectivity index (χ2v) is 10.2. The van der Waals surface area contributed by atoms with Crippen molar-refractivity contribution < 1.29 is 9.34 Å². The summed E-state index contributed by atoms with van der Waals surface area (Å²) >= 11 is 1.26. The van der Waals surface area contributed by atoms with Crippen LogP contribution in [0.4, 0.5) is 5.69 Å². The van der Waals surface area contributed by atoms with Crippen LogP contribution in [0.25, 0.3) is 22.4 Å². The lowest BCUT2D eigenvalue weighted by atomic mass is 9.96. The number of nitro benzene ring substituents is 1. The number of furan rings is 1. The zero-order chi connectivity index (χ0) is 25.4. The summed E-state index contributed by atoms with van der Waals surface area (Å²) in [5, 5.41) is 15.3. The van der Waals surface area contributed by atoms with E-state index in [1.54, 1.807) is 30.3 Å². The second-order valence-electron chi connectivity index (χ2n) is 9.15. The number of non-ortho nitro benzene ring substituents is 1. The Morgan fingerprint density at radius 1 is 1.06 bits per heavy atom. The molecule has 3 heterocycles. The topological polar surface area (TPSA) is 104 Å². The zero-order valence-corrected chi connectivity index (χ0v) is 20.9. The van der Waals surface area contributed by atoms with Crippen molar-refractivity contribution in [3.63, 3.8) is 0 Å². The highest BCUT2D eigenvalue weighted by Gasteiger charge is 2.18. The van der Waals surface area contributed by atoms with Crippen LogP contribution in [0.5, 0.6) is 0 Å². The molecule has 1 unspecified atom stereocenters. The van der Waals surface area contributed by atoms with Crippen LogP contribution in [0, 0.1) is 16.0 Å². The molecule has 9 heteroatoms. The highest BCUT2D eigenvalue weighted by molar-refractivity contribution is 7.15. The van der Waals surface area contributed by atoms with E-state index in [1.165, 1.54) is 33.5 Å². The second kappa shape index (κ2) is 9.50. The molecule has 0 saturated carbocycles. The third-order valence-electron chi connectivity index (χ3n) is 5.97. The zero-order valence-electron chi connectivity index (χ0n) is 20.0. The Kier molecular flexibility index (Phi) is 6.24. The molecule has 0 aliphatic heterocycles. The van der Waals surface area contributed by atoms with E-state index in [9.17, 15) is 14.9 Å². The number of aromatic nitrogens is 3. The number of nitro groups is 1. The van der Waals surface area contributed by atoms with Gasteiger partial charge in [0.15, 0.2) is 5.82 Å². The van der Waals surface area contributed by atoms with Gasteiger partial charge in [0.05, 0.1) is 4.92 Å². The number of rotatable bonds is 7. The van der Waals surface area contributed by atoms with Crippen molar-refractivity contribution in [2.75, 3.05) is 0 Å². The molecule has 3 aromatic heterocycles. The number of fused-ring (bicyclic) bond motifs is 1. The van der Waals surface area contributed by atoms with E-state index in [-0.39, 0.29) is 17.2 Å². The van der Waals surface area contributed by atoms with Crippen LogP contribution >= 0.6 is 11.3 Å². The molecule has 0 amide bonds. The summed E-state index contributed by atoms with van der Waals surface area (Å²) in [6.07, 6.45) is 2.70. The highest BCUT2D eigenvalue weighted by atomic mass is 32.1. The van der Waals surface area contributed by atoms with Gasteiger partial charge >= 0.3 is 0 Å². The maximum Gasteiger partial charge on any atom is 0.291 e. The fourth-order valence-corrected chi connectivity index (χ4v) is 4.95. The molecule has 5 aromatic rings.